The summed E-state index contributed by atoms with van der Waals surface area (Å²) in [7, 11) is 1.64. The Labute approximate surface area is 169 Å². The van der Waals surface area contributed by atoms with Crippen molar-refractivity contribution in [3.63, 3.8) is 0 Å². The minimum Gasteiger partial charge on any atom is -0.383 e. The molecule has 3 aromatic rings. The fraction of sp³-hybridized carbons (Fsp3) is 0.429. The summed E-state index contributed by atoms with van der Waals surface area (Å²) in [4.78, 5) is 15.2. The predicted octanol–water partition coefficient (Wildman–Crippen LogP) is 1.98. The van der Waals surface area contributed by atoms with Crippen molar-refractivity contribution in [3.05, 3.63) is 64.5 Å². The standard InChI is InChI=1S/C21H26N6O2/c1-14-17(15(2)23-22-14)12-19-24-25-20-13-26(9-10-29-3)21(28)18(27(19)20)11-16-7-5-4-6-8-16/h4-8,18H,9-13H2,1-3H3,(H,22,23)/t18-/m1/s1. The van der Waals surface area contributed by atoms with Gasteiger partial charge in [-0.25, -0.2) is 0 Å². The van der Waals surface area contributed by atoms with E-state index in [0.29, 0.717) is 32.5 Å². The molecule has 0 aliphatic carbocycles. The van der Waals surface area contributed by atoms with Crippen LogP contribution in [0.5, 0.6) is 0 Å². The van der Waals surface area contributed by atoms with Crippen molar-refractivity contribution >= 4 is 5.91 Å². The van der Waals surface area contributed by atoms with E-state index in [9.17, 15) is 4.79 Å². The molecule has 0 radical (unpaired) electrons. The summed E-state index contributed by atoms with van der Waals surface area (Å²) in [6, 6.07) is 9.72. The average Bonchev–Trinajstić information content (AvgIpc) is 3.27. The van der Waals surface area contributed by atoms with Crippen molar-refractivity contribution in [2.75, 3.05) is 20.3 Å². The van der Waals surface area contributed by atoms with Crippen LogP contribution in [-0.2, 0) is 28.9 Å². The van der Waals surface area contributed by atoms with Crippen LogP contribution >= 0.6 is 0 Å². The average molecular weight is 394 g/mol. The Hall–Kier alpha value is -3.00. The van der Waals surface area contributed by atoms with Gasteiger partial charge in [0.05, 0.1) is 18.8 Å². The van der Waals surface area contributed by atoms with Crippen LogP contribution in [0.15, 0.2) is 30.3 Å². The largest absolute Gasteiger partial charge is 0.383 e. The summed E-state index contributed by atoms with van der Waals surface area (Å²) in [6.07, 6.45) is 1.20. The molecule has 0 saturated heterocycles. The fourth-order valence-electron chi connectivity index (χ4n) is 3.92. The number of nitrogens with zero attached hydrogens (tertiary/aromatic N) is 5. The van der Waals surface area contributed by atoms with Gasteiger partial charge in [-0.2, -0.15) is 5.10 Å². The van der Waals surface area contributed by atoms with Crippen LogP contribution in [0.1, 0.15) is 40.2 Å². The van der Waals surface area contributed by atoms with Gasteiger partial charge < -0.3 is 14.2 Å². The number of H-pyrrole nitrogens is 1. The van der Waals surface area contributed by atoms with Crippen LogP contribution in [0.25, 0.3) is 0 Å². The van der Waals surface area contributed by atoms with E-state index in [4.69, 9.17) is 4.74 Å². The monoisotopic (exact) mass is 394 g/mol. The van der Waals surface area contributed by atoms with Gasteiger partial charge in [-0.3, -0.25) is 9.89 Å². The van der Waals surface area contributed by atoms with Gasteiger partial charge >= 0.3 is 0 Å². The van der Waals surface area contributed by atoms with E-state index < -0.39 is 0 Å². The molecule has 0 unspecified atom stereocenters. The first kappa shape index (κ1) is 19.3. The molecule has 1 amide bonds. The molecule has 0 bridgehead atoms. The number of hydrogen-bond acceptors (Lipinski definition) is 5. The van der Waals surface area contributed by atoms with Crippen LogP contribution in [0.2, 0.25) is 0 Å². The van der Waals surface area contributed by atoms with Crippen LogP contribution in [0, 0.1) is 13.8 Å². The van der Waals surface area contributed by atoms with Crippen molar-refractivity contribution in [2.45, 2.75) is 39.3 Å². The number of amides is 1. The van der Waals surface area contributed by atoms with Gasteiger partial charge in [0.1, 0.15) is 11.9 Å². The van der Waals surface area contributed by atoms with Gasteiger partial charge in [-0.15, -0.1) is 10.2 Å². The van der Waals surface area contributed by atoms with Crippen molar-refractivity contribution in [2.24, 2.45) is 0 Å². The molecular formula is C21H26N6O2. The lowest BCUT2D eigenvalue weighted by Crippen LogP contribution is -2.45. The molecule has 0 saturated carbocycles. The minimum absolute atomic E-state index is 0.0834. The number of methoxy groups -OCH3 is 1. The predicted molar refractivity (Wildman–Crippen MR) is 107 cm³/mol. The first-order valence-electron chi connectivity index (χ1n) is 9.83. The molecule has 1 N–H and O–H groups in total. The summed E-state index contributed by atoms with van der Waals surface area (Å²) in [5.74, 6) is 1.70. The summed E-state index contributed by atoms with van der Waals surface area (Å²) in [5.41, 5.74) is 4.18. The lowest BCUT2D eigenvalue weighted by molar-refractivity contribution is -0.138. The van der Waals surface area contributed by atoms with E-state index in [2.05, 4.69) is 32.5 Å². The number of benzene rings is 1. The highest BCUT2D eigenvalue weighted by atomic mass is 16.5. The van der Waals surface area contributed by atoms with Crippen molar-refractivity contribution in [1.82, 2.24) is 29.9 Å². The smallest absolute Gasteiger partial charge is 0.246 e. The Morgan fingerprint density at radius 3 is 2.69 bits per heavy atom. The minimum atomic E-state index is -0.365. The second kappa shape index (κ2) is 8.16. The number of carbonyl (C=O) groups excluding carboxylic acids is 1. The van der Waals surface area contributed by atoms with Crippen LogP contribution in [-0.4, -0.2) is 56.0 Å². The molecule has 2 aromatic heterocycles. The molecule has 4 rings (SSSR count). The number of rotatable bonds is 7. The summed E-state index contributed by atoms with van der Waals surface area (Å²) in [6.45, 7) is 5.47. The van der Waals surface area contributed by atoms with E-state index in [-0.39, 0.29) is 11.9 Å². The van der Waals surface area contributed by atoms with Gasteiger partial charge in [0.15, 0.2) is 5.82 Å². The van der Waals surface area contributed by atoms with E-state index in [1.807, 2.05) is 41.5 Å². The number of aryl methyl sites for hydroxylation is 2. The fourth-order valence-corrected chi connectivity index (χ4v) is 3.92. The molecule has 0 spiro atoms. The third-order valence-corrected chi connectivity index (χ3v) is 5.53. The SMILES string of the molecule is COCCN1Cc2nnc(Cc3c(C)n[nH]c3C)n2[C@H](Cc2ccccc2)C1=O. The molecule has 1 atom stereocenters. The number of ether oxygens (including phenoxy) is 1. The molecule has 8 nitrogen and oxygen atoms in total. The molecule has 8 heteroatoms. The highest BCUT2D eigenvalue weighted by Gasteiger charge is 2.36. The number of hydrogen-bond donors (Lipinski definition) is 1. The van der Waals surface area contributed by atoms with E-state index in [1.165, 1.54) is 0 Å². The normalized spacial score (nSPS) is 16.3. The second-order valence-electron chi connectivity index (χ2n) is 7.45. The molecule has 0 fully saturated rings. The Bertz CT molecular complexity index is 975. The van der Waals surface area contributed by atoms with E-state index in [1.54, 1.807) is 7.11 Å². The maximum atomic E-state index is 13.4. The molecule has 152 valence electrons. The molecule has 3 heterocycles. The van der Waals surface area contributed by atoms with Crippen molar-refractivity contribution in [3.8, 4) is 0 Å². The Morgan fingerprint density at radius 1 is 1.21 bits per heavy atom. The first-order valence-corrected chi connectivity index (χ1v) is 9.83. The van der Waals surface area contributed by atoms with Gasteiger partial charge in [-0.1, -0.05) is 30.3 Å². The van der Waals surface area contributed by atoms with E-state index >= 15 is 0 Å². The quantitative estimate of drug-likeness (QED) is 0.662. The number of aromatic amines is 1. The van der Waals surface area contributed by atoms with E-state index in [0.717, 1.165) is 34.2 Å². The highest BCUT2D eigenvalue weighted by Crippen LogP contribution is 2.28. The third kappa shape index (κ3) is 3.80. The Balaban J connectivity index is 1.71. The molecule has 1 aliphatic rings. The zero-order valence-corrected chi connectivity index (χ0v) is 17.1. The van der Waals surface area contributed by atoms with Crippen LogP contribution in [0.4, 0.5) is 0 Å². The highest BCUT2D eigenvalue weighted by molar-refractivity contribution is 5.82. The van der Waals surface area contributed by atoms with Crippen molar-refractivity contribution < 1.29 is 9.53 Å². The summed E-state index contributed by atoms with van der Waals surface area (Å²) in [5, 5.41) is 16.2. The number of aromatic nitrogens is 5. The summed E-state index contributed by atoms with van der Waals surface area (Å²) < 4.78 is 7.22. The lowest BCUT2D eigenvalue weighted by atomic mass is 10.0. The lowest BCUT2D eigenvalue weighted by Gasteiger charge is -2.34. The Morgan fingerprint density at radius 2 is 2.00 bits per heavy atom. The zero-order valence-electron chi connectivity index (χ0n) is 17.1. The number of carbonyl (C=O) groups is 1. The van der Waals surface area contributed by atoms with Gasteiger partial charge in [-0.05, 0) is 19.4 Å². The molecule has 1 aliphatic heterocycles. The maximum absolute atomic E-state index is 13.4. The topological polar surface area (TPSA) is 88.9 Å². The molecular weight excluding hydrogens is 368 g/mol. The number of fused-ring (bicyclic) bond motifs is 1. The van der Waals surface area contributed by atoms with Gasteiger partial charge in [0, 0.05) is 37.8 Å². The second-order valence-corrected chi connectivity index (χ2v) is 7.45. The van der Waals surface area contributed by atoms with Gasteiger partial charge in [0.25, 0.3) is 0 Å². The number of nitrogens with one attached hydrogen (secondary N) is 1. The molecule has 29 heavy (non-hydrogen) atoms. The third-order valence-electron chi connectivity index (χ3n) is 5.53. The van der Waals surface area contributed by atoms with Crippen LogP contribution < -0.4 is 0 Å². The first-order chi connectivity index (χ1) is 14.1. The van der Waals surface area contributed by atoms with Crippen molar-refractivity contribution in [1.29, 1.82) is 0 Å². The molecule has 1 aromatic carbocycles. The Kier molecular flexibility index (Phi) is 5.44. The van der Waals surface area contributed by atoms with Gasteiger partial charge in [0.2, 0.25) is 5.91 Å². The summed E-state index contributed by atoms with van der Waals surface area (Å²) >= 11 is 0. The van der Waals surface area contributed by atoms with Crippen LogP contribution in [0.3, 0.4) is 0 Å². The maximum Gasteiger partial charge on any atom is 0.246 e. The zero-order chi connectivity index (χ0) is 20.4.